The van der Waals surface area contributed by atoms with E-state index in [1.165, 1.54) is 22.2 Å². The van der Waals surface area contributed by atoms with Gasteiger partial charge in [0, 0.05) is 47.6 Å². The molecule has 2 aromatic rings. The quantitative estimate of drug-likeness (QED) is 0.837. The average Bonchev–Trinajstić information content (AvgIpc) is 2.99. The lowest BCUT2D eigenvalue weighted by Crippen LogP contribution is -2.73. The van der Waals surface area contributed by atoms with E-state index < -0.39 is 6.29 Å². The molecule has 4 fully saturated rings. The molecule has 132 valence electrons. The van der Waals surface area contributed by atoms with Crippen LogP contribution in [0, 0.1) is 17.8 Å². The Balaban J connectivity index is 1.52. The molecule has 5 heteroatoms. The Morgan fingerprint density at radius 2 is 2.12 bits per heavy atom. The highest BCUT2D eigenvalue weighted by Gasteiger charge is 2.64. The molecule has 9 atom stereocenters. The first-order chi connectivity index (χ1) is 12.2. The van der Waals surface area contributed by atoms with Gasteiger partial charge in [0.1, 0.15) is 0 Å². The Kier molecular flexibility index (Phi) is 2.86. The molecule has 0 saturated carbocycles. The summed E-state index contributed by atoms with van der Waals surface area (Å²) in [6.45, 7) is 2.31. The summed E-state index contributed by atoms with van der Waals surface area (Å²) in [5.74, 6) is 0.991. The van der Waals surface area contributed by atoms with Gasteiger partial charge in [0.2, 0.25) is 0 Å². The van der Waals surface area contributed by atoms with Crippen LogP contribution in [0.15, 0.2) is 24.3 Å². The molecule has 5 aliphatic rings. The Hall–Kier alpha value is -1.40. The van der Waals surface area contributed by atoms with Crippen LogP contribution >= 0.6 is 0 Å². The van der Waals surface area contributed by atoms with Gasteiger partial charge in [-0.15, -0.1) is 0 Å². The number of para-hydroxylation sites is 1. The van der Waals surface area contributed by atoms with Crippen LogP contribution in [0.4, 0.5) is 0 Å². The topological polar surface area (TPSA) is 57.7 Å². The number of nitrogens with one attached hydrogen (secondary N) is 1. The predicted octanol–water partition coefficient (Wildman–Crippen LogP) is 2.41. The predicted molar refractivity (Wildman–Crippen MR) is 92.8 cm³/mol. The lowest BCUT2D eigenvalue weighted by molar-refractivity contribution is -0.355. The van der Waals surface area contributed by atoms with E-state index in [4.69, 9.17) is 9.47 Å². The number of benzene rings is 1. The van der Waals surface area contributed by atoms with Crippen LogP contribution in [-0.4, -0.2) is 46.8 Å². The van der Waals surface area contributed by atoms with Crippen LogP contribution in [0.5, 0.6) is 0 Å². The second-order valence-corrected chi connectivity index (χ2v) is 8.22. The summed E-state index contributed by atoms with van der Waals surface area (Å²) in [4.78, 5) is 6.37. The number of ether oxygens (including phenoxy) is 2. The summed E-state index contributed by atoms with van der Waals surface area (Å²) < 4.78 is 11.5. The third-order valence-electron chi connectivity index (χ3n) is 7.44. The minimum absolute atomic E-state index is 0.186. The van der Waals surface area contributed by atoms with E-state index in [9.17, 15) is 5.11 Å². The molecule has 7 rings (SSSR count). The summed E-state index contributed by atoms with van der Waals surface area (Å²) in [7, 11) is 1.69. The molecule has 0 radical (unpaired) electrons. The second-order valence-electron chi connectivity index (χ2n) is 8.22. The molecule has 0 amide bonds. The minimum Gasteiger partial charge on any atom is -0.368 e. The Morgan fingerprint density at radius 1 is 1.28 bits per heavy atom. The Labute approximate surface area is 146 Å². The number of hydrogen-bond donors (Lipinski definition) is 2. The highest BCUT2D eigenvalue weighted by Crippen LogP contribution is 2.60. The molecule has 6 heterocycles. The number of aliphatic hydroxyl groups is 1. The van der Waals surface area contributed by atoms with Crippen molar-refractivity contribution in [3.63, 3.8) is 0 Å². The Bertz CT molecular complexity index is 849. The average molecular weight is 340 g/mol. The normalized spacial score (nSPS) is 47.1. The van der Waals surface area contributed by atoms with Crippen LogP contribution in [0.3, 0.4) is 0 Å². The monoisotopic (exact) mass is 340 g/mol. The maximum atomic E-state index is 10.7. The number of piperidine rings is 3. The van der Waals surface area contributed by atoms with Crippen molar-refractivity contribution in [2.45, 2.75) is 50.5 Å². The molecule has 2 N–H and O–H groups in total. The van der Waals surface area contributed by atoms with Crippen LogP contribution in [-0.2, 0) is 15.9 Å². The van der Waals surface area contributed by atoms with Crippen LogP contribution in [0.1, 0.15) is 30.6 Å². The van der Waals surface area contributed by atoms with E-state index in [0.717, 1.165) is 12.8 Å². The van der Waals surface area contributed by atoms with Gasteiger partial charge >= 0.3 is 0 Å². The smallest absolute Gasteiger partial charge is 0.164 e. The van der Waals surface area contributed by atoms with E-state index in [1.807, 2.05) is 0 Å². The second kappa shape index (κ2) is 4.86. The molecule has 6 bridgehead atoms. The molecule has 5 aliphatic heterocycles. The van der Waals surface area contributed by atoms with Gasteiger partial charge in [-0.05, 0) is 37.3 Å². The first kappa shape index (κ1) is 14.7. The first-order valence-corrected chi connectivity index (χ1v) is 9.42. The molecule has 0 spiro atoms. The van der Waals surface area contributed by atoms with E-state index in [2.05, 4.69) is 41.1 Å². The van der Waals surface area contributed by atoms with Crippen LogP contribution in [0.2, 0.25) is 0 Å². The van der Waals surface area contributed by atoms with Gasteiger partial charge < -0.3 is 19.6 Å². The number of fused-ring (bicyclic) bond motifs is 3. The third kappa shape index (κ3) is 1.68. The molecule has 1 aromatic heterocycles. The van der Waals surface area contributed by atoms with Crippen LogP contribution < -0.4 is 0 Å². The summed E-state index contributed by atoms with van der Waals surface area (Å²) in [5.41, 5.74) is 4.09. The summed E-state index contributed by atoms with van der Waals surface area (Å²) in [5, 5.41) is 12.1. The van der Waals surface area contributed by atoms with E-state index in [0.29, 0.717) is 30.0 Å². The molecule has 25 heavy (non-hydrogen) atoms. The molecule has 5 nitrogen and oxygen atoms in total. The largest absolute Gasteiger partial charge is 0.368 e. The molecule has 4 saturated heterocycles. The van der Waals surface area contributed by atoms with Gasteiger partial charge in [0.05, 0.1) is 6.04 Å². The maximum Gasteiger partial charge on any atom is 0.164 e. The summed E-state index contributed by atoms with van der Waals surface area (Å²) in [6.07, 6.45) is 1.05. The van der Waals surface area contributed by atoms with Crippen molar-refractivity contribution in [2.75, 3.05) is 7.11 Å². The zero-order valence-corrected chi connectivity index (χ0v) is 14.6. The van der Waals surface area contributed by atoms with Gasteiger partial charge in [-0.25, -0.2) is 0 Å². The standard InChI is InChI=1S/C20H24N2O3/c1-9-16-12-8-15-18-11(10-5-3-4-6-13(10)21-18)7-14(22(9)15)17(12)19(23)25-20(16)24-2/h3-6,9,12,14-17,19-21,23H,7-8H2,1-2H3/t9-,12?,14-,15-,16+,17+,19+,20+/m0/s1. The van der Waals surface area contributed by atoms with Gasteiger partial charge in [-0.3, -0.25) is 4.90 Å². The molecular weight excluding hydrogens is 316 g/mol. The van der Waals surface area contributed by atoms with Crippen molar-refractivity contribution in [1.29, 1.82) is 0 Å². The van der Waals surface area contributed by atoms with Crippen molar-refractivity contribution in [2.24, 2.45) is 17.8 Å². The number of H-pyrrole nitrogens is 1. The number of hydrogen-bond acceptors (Lipinski definition) is 4. The van der Waals surface area contributed by atoms with Gasteiger partial charge in [0.15, 0.2) is 12.6 Å². The summed E-state index contributed by atoms with van der Waals surface area (Å²) in [6, 6.07) is 9.80. The number of methoxy groups -OCH3 is 1. The zero-order chi connectivity index (χ0) is 16.9. The highest BCUT2D eigenvalue weighted by molar-refractivity contribution is 5.85. The number of aromatic amines is 1. The lowest BCUT2D eigenvalue weighted by Gasteiger charge is -2.66. The Morgan fingerprint density at radius 3 is 2.96 bits per heavy atom. The van der Waals surface area contributed by atoms with Crippen LogP contribution in [0.25, 0.3) is 10.9 Å². The van der Waals surface area contributed by atoms with Crippen molar-refractivity contribution in [1.82, 2.24) is 9.88 Å². The van der Waals surface area contributed by atoms with Crippen molar-refractivity contribution in [3.05, 3.63) is 35.5 Å². The maximum absolute atomic E-state index is 10.7. The number of aromatic nitrogens is 1. The minimum atomic E-state index is -0.723. The lowest BCUT2D eigenvalue weighted by atomic mass is 9.58. The van der Waals surface area contributed by atoms with Gasteiger partial charge in [-0.1, -0.05) is 18.2 Å². The zero-order valence-electron chi connectivity index (χ0n) is 14.6. The number of nitrogens with zero attached hydrogens (tertiary/aromatic N) is 1. The number of aliphatic hydroxyl groups excluding tert-OH is 1. The van der Waals surface area contributed by atoms with Gasteiger partial charge in [-0.2, -0.15) is 0 Å². The first-order valence-electron chi connectivity index (χ1n) is 9.42. The van der Waals surface area contributed by atoms with E-state index in [1.54, 1.807) is 7.11 Å². The molecular formula is C20H24N2O3. The summed E-state index contributed by atoms with van der Waals surface area (Å²) >= 11 is 0. The SMILES string of the molecule is CO[C@@H]1O[C@@H](O)[C@@H]2C3C[C@H]4c5[nH]c6ccccc6c5C[C@@H]2N4[C@@H](C)[C@H]31. The van der Waals surface area contributed by atoms with Gasteiger partial charge in [0.25, 0.3) is 0 Å². The highest BCUT2D eigenvalue weighted by atomic mass is 16.7. The van der Waals surface area contributed by atoms with E-state index in [-0.39, 0.29) is 12.2 Å². The van der Waals surface area contributed by atoms with E-state index >= 15 is 0 Å². The third-order valence-corrected chi connectivity index (χ3v) is 7.44. The fourth-order valence-electron chi connectivity index (χ4n) is 6.61. The molecule has 0 aliphatic carbocycles. The fraction of sp³-hybridized carbons (Fsp3) is 0.600. The molecule has 2 unspecified atom stereocenters. The van der Waals surface area contributed by atoms with Crippen molar-refractivity contribution < 1.29 is 14.6 Å². The fourth-order valence-corrected chi connectivity index (χ4v) is 6.61. The van der Waals surface area contributed by atoms with Crippen molar-refractivity contribution in [3.8, 4) is 0 Å². The number of rotatable bonds is 1. The molecule has 1 aromatic carbocycles. The van der Waals surface area contributed by atoms with Crippen molar-refractivity contribution >= 4 is 10.9 Å².